The summed E-state index contributed by atoms with van der Waals surface area (Å²) in [5, 5.41) is 0. The van der Waals surface area contributed by atoms with Gasteiger partial charge >= 0.3 is 0 Å². The molecule has 6 heteroatoms. The smallest absolute Gasteiger partial charge is 0.237 e. The molecule has 3 rings (SSSR count). The van der Waals surface area contributed by atoms with Gasteiger partial charge in [-0.15, -0.1) is 11.8 Å². The molecule has 136 valence electrons. The molecule has 0 aromatic heterocycles. The molecule has 5 nitrogen and oxygen atoms in total. The summed E-state index contributed by atoms with van der Waals surface area (Å²) in [6.45, 7) is 3.82. The van der Waals surface area contributed by atoms with Crippen molar-refractivity contribution in [3.05, 3.63) is 29.8 Å². The van der Waals surface area contributed by atoms with E-state index in [1.165, 1.54) is 10.5 Å². The lowest BCUT2D eigenvalue weighted by Crippen LogP contribution is -2.53. The van der Waals surface area contributed by atoms with E-state index in [0.717, 1.165) is 38.9 Å². The Hall–Kier alpha value is -1.53. The highest BCUT2D eigenvalue weighted by Gasteiger charge is 2.41. The molecular formula is C19H27N3O2S. The number of likely N-dealkylation sites (tertiary alicyclic amines) is 2. The van der Waals surface area contributed by atoms with Gasteiger partial charge in [0.25, 0.3) is 0 Å². The standard InChI is InChI=1S/C19H27N3O2S/c1-25-16-4-2-15(3-5-16)12-21-10-8-19(9-11-21)7-6-18(24)22(14-19)13-17(20)23/h2-5H,6-14H2,1H3,(H2,20,23). The summed E-state index contributed by atoms with van der Waals surface area (Å²) < 4.78 is 0. The van der Waals surface area contributed by atoms with E-state index >= 15 is 0 Å². The maximum absolute atomic E-state index is 12.0. The number of hydrogen-bond acceptors (Lipinski definition) is 4. The number of benzene rings is 1. The van der Waals surface area contributed by atoms with Crippen molar-refractivity contribution >= 4 is 23.6 Å². The second-order valence-corrected chi connectivity index (χ2v) is 8.22. The molecule has 2 heterocycles. The first-order chi connectivity index (χ1) is 12.0. The van der Waals surface area contributed by atoms with E-state index in [2.05, 4.69) is 35.4 Å². The Balaban J connectivity index is 1.55. The zero-order valence-corrected chi connectivity index (χ0v) is 15.7. The highest BCUT2D eigenvalue weighted by molar-refractivity contribution is 7.98. The molecule has 0 atom stereocenters. The second-order valence-electron chi connectivity index (χ2n) is 7.34. The van der Waals surface area contributed by atoms with Gasteiger partial charge in [0.15, 0.2) is 0 Å². The van der Waals surface area contributed by atoms with Gasteiger partial charge in [-0.25, -0.2) is 0 Å². The monoisotopic (exact) mass is 361 g/mol. The average Bonchev–Trinajstić information content (AvgIpc) is 2.61. The summed E-state index contributed by atoms with van der Waals surface area (Å²) >= 11 is 1.76. The van der Waals surface area contributed by atoms with Gasteiger partial charge in [-0.1, -0.05) is 12.1 Å². The van der Waals surface area contributed by atoms with Crippen LogP contribution in [0.2, 0.25) is 0 Å². The van der Waals surface area contributed by atoms with Crippen molar-refractivity contribution in [2.75, 3.05) is 32.4 Å². The van der Waals surface area contributed by atoms with E-state index in [9.17, 15) is 9.59 Å². The molecule has 0 aliphatic carbocycles. The van der Waals surface area contributed by atoms with Crippen LogP contribution >= 0.6 is 11.8 Å². The van der Waals surface area contributed by atoms with E-state index in [0.29, 0.717) is 13.0 Å². The van der Waals surface area contributed by atoms with Crippen LogP contribution < -0.4 is 5.73 Å². The lowest BCUT2D eigenvalue weighted by atomic mass is 9.72. The predicted octanol–water partition coefficient (Wildman–Crippen LogP) is 2.10. The lowest BCUT2D eigenvalue weighted by molar-refractivity contribution is -0.142. The van der Waals surface area contributed by atoms with Gasteiger partial charge in [-0.05, 0) is 61.7 Å². The number of carbonyl (C=O) groups excluding carboxylic acids is 2. The molecule has 0 bridgehead atoms. The van der Waals surface area contributed by atoms with Gasteiger partial charge in [0.05, 0.1) is 6.54 Å². The number of hydrogen-bond donors (Lipinski definition) is 1. The highest BCUT2D eigenvalue weighted by Crippen LogP contribution is 2.40. The molecule has 0 radical (unpaired) electrons. The Morgan fingerprint density at radius 3 is 2.48 bits per heavy atom. The third kappa shape index (κ3) is 4.55. The zero-order chi connectivity index (χ0) is 17.9. The number of carbonyl (C=O) groups is 2. The summed E-state index contributed by atoms with van der Waals surface area (Å²) in [5.41, 5.74) is 6.81. The average molecular weight is 362 g/mol. The number of amides is 2. The number of rotatable bonds is 5. The van der Waals surface area contributed by atoms with E-state index in [1.807, 2.05) is 0 Å². The summed E-state index contributed by atoms with van der Waals surface area (Å²) in [6, 6.07) is 8.79. The van der Waals surface area contributed by atoms with Crippen molar-refractivity contribution in [3.63, 3.8) is 0 Å². The fourth-order valence-electron chi connectivity index (χ4n) is 4.02. The SMILES string of the molecule is CSc1ccc(CN2CCC3(CCC(=O)N(CC(N)=O)C3)CC2)cc1. The molecular weight excluding hydrogens is 334 g/mol. The number of nitrogens with zero attached hydrogens (tertiary/aromatic N) is 2. The Kier molecular flexibility index (Phi) is 5.69. The molecule has 1 spiro atoms. The minimum absolute atomic E-state index is 0.0616. The Morgan fingerprint density at radius 1 is 1.20 bits per heavy atom. The molecule has 2 aliphatic rings. The topological polar surface area (TPSA) is 66.6 Å². The molecule has 2 N–H and O–H groups in total. The minimum Gasteiger partial charge on any atom is -0.368 e. The highest BCUT2D eigenvalue weighted by atomic mass is 32.2. The molecule has 0 unspecified atom stereocenters. The van der Waals surface area contributed by atoms with Crippen molar-refractivity contribution in [2.24, 2.45) is 11.1 Å². The Labute approximate surface area is 153 Å². The summed E-state index contributed by atoms with van der Waals surface area (Å²) in [5.74, 6) is -0.350. The van der Waals surface area contributed by atoms with E-state index in [-0.39, 0.29) is 17.9 Å². The second kappa shape index (κ2) is 7.79. The molecule has 2 aliphatic heterocycles. The van der Waals surface area contributed by atoms with Crippen LogP contribution in [0.1, 0.15) is 31.2 Å². The van der Waals surface area contributed by atoms with Crippen molar-refractivity contribution in [1.82, 2.24) is 9.80 Å². The molecule has 2 saturated heterocycles. The largest absolute Gasteiger partial charge is 0.368 e. The van der Waals surface area contributed by atoms with Gasteiger partial charge in [0.2, 0.25) is 11.8 Å². The number of piperidine rings is 2. The van der Waals surface area contributed by atoms with E-state index < -0.39 is 5.91 Å². The maximum Gasteiger partial charge on any atom is 0.237 e. The first kappa shape index (κ1) is 18.3. The van der Waals surface area contributed by atoms with Gasteiger partial charge in [-0.3, -0.25) is 14.5 Å². The van der Waals surface area contributed by atoms with Crippen molar-refractivity contribution < 1.29 is 9.59 Å². The van der Waals surface area contributed by atoms with Crippen LogP contribution in [0.15, 0.2) is 29.2 Å². The van der Waals surface area contributed by atoms with Crippen LogP contribution in [0.4, 0.5) is 0 Å². The van der Waals surface area contributed by atoms with Gasteiger partial charge < -0.3 is 10.6 Å². The summed E-state index contributed by atoms with van der Waals surface area (Å²) in [4.78, 5) is 28.7. The fourth-order valence-corrected chi connectivity index (χ4v) is 4.43. The van der Waals surface area contributed by atoms with Crippen molar-refractivity contribution in [2.45, 2.75) is 37.1 Å². The first-order valence-electron chi connectivity index (χ1n) is 8.91. The van der Waals surface area contributed by atoms with Crippen LogP contribution in [0, 0.1) is 5.41 Å². The normalized spacial score (nSPS) is 20.8. The van der Waals surface area contributed by atoms with Gasteiger partial charge in [-0.2, -0.15) is 0 Å². The number of primary amides is 1. The van der Waals surface area contributed by atoms with Gasteiger partial charge in [0, 0.05) is 24.4 Å². The summed E-state index contributed by atoms with van der Waals surface area (Å²) in [7, 11) is 0. The maximum atomic E-state index is 12.0. The van der Waals surface area contributed by atoms with Crippen LogP contribution in [-0.2, 0) is 16.1 Å². The molecule has 25 heavy (non-hydrogen) atoms. The zero-order valence-electron chi connectivity index (χ0n) is 14.9. The Morgan fingerprint density at radius 2 is 1.88 bits per heavy atom. The molecule has 1 aromatic carbocycles. The van der Waals surface area contributed by atoms with Crippen LogP contribution in [0.5, 0.6) is 0 Å². The van der Waals surface area contributed by atoms with Crippen LogP contribution in [0.3, 0.4) is 0 Å². The van der Waals surface area contributed by atoms with E-state index in [1.54, 1.807) is 16.7 Å². The number of nitrogens with two attached hydrogens (primary N) is 1. The third-order valence-corrected chi connectivity index (χ3v) is 6.32. The molecule has 1 aromatic rings. The Bertz CT molecular complexity index is 624. The summed E-state index contributed by atoms with van der Waals surface area (Å²) in [6.07, 6.45) is 5.74. The fraction of sp³-hybridized carbons (Fsp3) is 0.579. The minimum atomic E-state index is -0.420. The van der Waals surface area contributed by atoms with Crippen LogP contribution in [-0.4, -0.2) is 54.0 Å². The molecule has 0 saturated carbocycles. The molecule has 2 fully saturated rings. The van der Waals surface area contributed by atoms with Crippen molar-refractivity contribution in [3.8, 4) is 0 Å². The van der Waals surface area contributed by atoms with E-state index in [4.69, 9.17) is 5.73 Å². The van der Waals surface area contributed by atoms with Gasteiger partial charge in [0.1, 0.15) is 0 Å². The van der Waals surface area contributed by atoms with Crippen molar-refractivity contribution in [1.29, 1.82) is 0 Å². The lowest BCUT2D eigenvalue weighted by Gasteiger charge is -2.47. The quantitative estimate of drug-likeness (QED) is 0.816. The van der Waals surface area contributed by atoms with Crippen LogP contribution in [0.25, 0.3) is 0 Å². The number of thioether (sulfide) groups is 1. The third-order valence-electron chi connectivity index (χ3n) is 5.58. The predicted molar refractivity (Wildman–Crippen MR) is 100 cm³/mol. The first-order valence-corrected chi connectivity index (χ1v) is 10.1. The molecule has 2 amide bonds.